The largest absolute Gasteiger partial charge is 0.339 e. The van der Waals surface area contributed by atoms with Gasteiger partial charge in [-0.1, -0.05) is 0 Å². The van der Waals surface area contributed by atoms with Crippen molar-refractivity contribution >= 4 is 27.3 Å². The molecule has 2 amide bonds. The number of carbonyl (C=O) groups is 2. The Hall–Kier alpha value is -2.07. The summed E-state index contributed by atoms with van der Waals surface area (Å²) < 4.78 is 49.4. The van der Waals surface area contributed by atoms with Gasteiger partial charge in [-0.15, -0.1) is 0 Å². The van der Waals surface area contributed by atoms with E-state index in [4.69, 9.17) is 0 Å². The molecule has 2 aliphatic rings. The van der Waals surface area contributed by atoms with Crippen LogP contribution in [0.2, 0.25) is 0 Å². The van der Waals surface area contributed by atoms with Gasteiger partial charge in [0.25, 0.3) is 0 Å². The number of carbonyl (C=O) groups excluding carboxylic acids is 2. The fraction of sp³-hybridized carbons (Fsp3) is 0.556. The molecule has 7 nitrogen and oxygen atoms in total. The number of halogens is 2. The molecule has 0 saturated carbocycles. The van der Waals surface area contributed by atoms with Crippen molar-refractivity contribution in [1.82, 2.24) is 9.80 Å². The standard InChI is InChI=1S/C18H23F2N3O4S/c1-28(26,27)9-8-21-4-6-22(7-5-21)17(24)16-2-3-23(18(16)25)15-11-13(19)10-14(20)12-15/h10-12,16H,2-9H2,1H3. The average molecular weight is 415 g/mol. The first-order chi connectivity index (χ1) is 13.1. The van der Waals surface area contributed by atoms with Crippen molar-refractivity contribution in [1.29, 1.82) is 0 Å². The number of piperazine rings is 1. The molecule has 10 heteroatoms. The van der Waals surface area contributed by atoms with Gasteiger partial charge in [-0.25, -0.2) is 17.2 Å². The van der Waals surface area contributed by atoms with Gasteiger partial charge < -0.3 is 9.80 Å². The van der Waals surface area contributed by atoms with E-state index in [1.807, 2.05) is 4.90 Å². The summed E-state index contributed by atoms with van der Waals surface area (Å²) in [6.45, 7) is 2.57. The second kappa shape index (κ2) is 8.12. The smallest absolute Gasteiger partial charge is 0.239 e. The Morgan fingerprint density at radius 2 is 1.68 bits per heavy atom. The van der Waals surface area contributed by atoms with E-state index in [-0.39, 0.29) is 23.9 Å². The maximum atomic E-state index is 13.4. The lowest BCUT2D eigenvalue weighted by Crippen LogP contribution is -2.52. The zero-order valence-corrected chi connectivity index (χ0v) is 16.4. The number of hydrogen-bond acceptors (Lipinski definition) is 5. The van der Waals surface area contributed by atoms with E-state index in [2.05, 4.69) is 0 Å². The molecule has 28 heavy (non-hydrogen) atoms. The van der Waals surface area contributed by atoms with E-state index in [1.165, 1.54) is 11.2 Å². The Morgan fingerprint density at radius 3 is 2.25 bits per heavy atom. The van der Waals surface area contributed by atoms with E-state index in [0.717, 1.165) is 18.2 Å². The summed E-state index contributed by atoms with van der Waals surface area (Å²) in [5.74, 6) is -3.07. The van der Waals surface area contributed by atoms with Crippen LogP contribution in [-0.4, -0.2) is 81.3 Å². The van der Waals surface area contributed by atoms with Gasteiger partial charge in [-0.3, -0.25) is 14.5 Å². The summed E-state index contributed by atoms with van der Waals surface area (Å²) in [5, 5.41) is 0. The zero-order valence-electron chi connectivity index (χ0n) is 15.6. The van der Waals surface area contributed by atoms with Crippen molar-refractivity contribution in [2.75, 3.05) is 56.2 Å². The molecular weight excluding hydrogens is 392 g/mol. The number of rotatable bonds is 5. The predicted molar refractivity (Wildman–Crippen MR) is 99.5 cm³/mol. The van der Waals surface area contributed by atoms with Crippen LogP contribution in [0.4, 0.5) is 14.5 Å². The van der Waals surface area contributed by atoms with Crippen molar-refractivity contribution in [2.24, 2.45) is 5.92 Å². The van der Waals surface area contributed by atoms with Gasteiger partial charge >= 0.3 is 0 Å². The van der Waals surface area contributed by atoms with E-state index >= 15 is 0 Å². The second-order valence-corrected chi connectivity index (χ2v) is 9.52. The minimum Gasteiger partial charge on any atom is -0.339 e. The average Bonchev–Trinajstić information content (AvgIpc) is 3.00. The maximum Gasteiger partial charge on any atom is 0.239 e. The number of amides is 2. The minimum absolute atomic E-state index is 0.0706. The molecule has 1 aromatic rings. The van der Waals surface area contributed by atoms with Crippen molar-refractivity contribution in [3.8, 4) is 0 Å². The Balaban J connectivity index is 1.58. The Bertz CT molecular complexity index is 849. The summed E-state index contributed by atoms with van der Waals surface area (Å²) >= 11 is 0. The SMILES string of the molecule is CS(=O)(=O)CCN1CCN(C(=O)C2CCN(c3cc(F)cc(F)c3)C2=O)CC1. The lowest BCUT2D eigenvalue weighted by atomic mass is 10.1. The van der Waals surface area contributed by atoms with Gasteiger partial charge in [0.15, 0.2) is 0 Å². The highest BCUT2D eigenvalue weighted by atomic mass is 32.2. The highest BCUT2D eigenvalue weighted by Gasteiger charge is 2.40. The monoisotopic (exact) mass is 415 g/mol. The molecule has 1 unspecified atom stereocenters. The molecule has 0 bridgehead atoms. The van der Waals surface area contributed by atoms with E-state index in [0.29, 0.717) is 39.1 Å². The van der Waals surface area contributed by atoms with Gasteiger partial charge in [0.1, 0.15) is 27.4 Å². The molecule has 0 radical (unpaired) electrons. The van der Waals surface area contributed by atoms with Gasteiger partial charge in [0.05, 0.1) is 5.75 Å². The van der Waals surface area contributed by atoms with Gasteiger partial charge in [-0.2, -0.15) is 0 Å². The number of benzene rings is 1. The number of sulfone groups is 1. The summed E-state index contributed by atoms with van der Waals surface area (Å²) in [6, 6.07) is 2.89. The molecule has 0 spiro atoms. The molecule has 2 aliphatic heterocycles. The topological polar surface area (TPSA) is 78.0 Å². The first kappa shape index (κ1) is 20.7. The van der Waals surface area contributed by atoms with Crippen LogP contribution in [0.25, 0.3) is 0 Å². The van der Waals surface area contributed by atoms with Gasteiger partial charge in [-0.05, 0) is 18.6 Å². The maximum absolute atomic E-state index is 13.4. The number of hydrogen-bond donors (Lipinski definition) is 0. The summed E-state index contributed by atoms with van der Waals surface area (Å²) in [6.07, 6.45) is 1.48. The van der Waals surface area contributed by atoms with Crippen molar-refractivity contribution < 1.29 is 26.8 Å². The fourth-order valence-electron chi connectivity index (χ4n) is 3.57. The lowest BCUT2D eigenvalue weighted by Gasteiger charge is -2.35. The van der Waals surface area contributed by atoms with E-state index in [1.54, 1.807) is 4.90 Å². The van der Waals surface area contributed by atoms with Crippen molar-refractivity contribution in [3.05, 3.63) is 29.8 Å². The molecular formula is C18H23F2N3O4S. The summed E-state index contributed by atoms with van der Waals surface area (Å²) in [4.78, 5) is 30.2. The number of nitrogens with zero attached hydrogens (tertiary/aromatic N) is 3. The first-order valence-electron chi connectivity index (χ1n) is 9.10. The highest BCUT2D eigenvalue weighted by Crippen LogP contribution is 2.28. The van der Waals surface area contributed by atoms with E-state index < -0.39 is 33.3 Å². The lowest BCUT2D eigenvalue weighted by molar-refractivity contribution is -0.141. The molecule has 154 valence electrons. The second-order valence-electron chi connectivity index (χ2n) is 7.26. The summed E-state index contributed by atoms with van der Waals surface area (Å²) in [7, 11) is -3.04. The van der Waals surface area contributed by atoms with Crippen LogP contribution >= 0.6 is 0 Å². The van der Waals surface area contributed by atoms with Crippen molar-refractivity contribution in [3.63, 3.8) is 0 Å². The molecule has 1 atom stereocenters. The van der Waals surface area contributed by atoms with Gasteiger partial charge in [0, 0.05) is 57.3 Å². The third kappa shape index (κ3) is 4.85. The third-order valence-electron chi connectivity index (χ3n) is 5.12. The predicted octanol–water partition coefficient (Wildman–Crippen LogP) is 0.507. The molecule has 1 aromatic carbocycles. The molecule has 0 N–H and O–H groups in total. The normalized spacial score (nSPS) is 21.4. The van der Waals surface area contributed by atoms with Crippen LogP contribution in [-0.2, 0) is 19.4 Å². The van der Waals surface area contributed by atoms with Crippen LogP contribution in [0.1, 0.15) is 6.42 Å². The van der Waals surface area contributed by atoms with Crippen LogP contribution in [0.15, 0.2) is 18.2 Å². The highest BCUT2D eigenvalue weighted by molar-refractivity contribution is 7.90. The number of anilines is 1. The zero-order chi connectivity index (χ0) is 20.5. The van der Waals surface area contributed by atoms with Crippen LogP contribution in [0.5, 0.6) is 0 Å². The third-order valence-corrected chi connectivity index (χ3v) is 6.05. The van der Waals surface area contributed by atoms with Crippen LogP contribution in [0, 0.1) is 17.6 Å². The fourth-order valence-corrected chi connectivity index (χ4v) is 4.16. The van der Waals surface area contributed by atoms with Gasteiger partial charge in [0.2, 0.25) is 11.8 Å². The quantitative estimate of drug-likeness (QED) is 0.655. The Labute approximate surface area is 162 Å². The molecule has 2 saturated heterocycles. The van der Waals surface area contributed by atoms with E-state index in [9.17, 15) is 26.8 Å². The first-order valence-corrected chi connectivity index (χ1v) is 11.2. The molecule has 3 rings (SSSR count). The van der Waals surface area contributed by atoms with Crippen LogP contribution < -0.4 is 4.90 Å². The Morgan fingerprint density at radius 1 is 1.07 bits per heavy atom. The van der Waals surface area contributed by atoms with Crippen molar-refractivity contribution in [2.45, 2.75) is 6.42 Å². The molecule has 2 fully saturated rings. The molecule has 0 aromatic heterocycles. The molecule has 2 heterocycles. The summed E-state index contributed by atoms with van der Waals surface area (Å²) in [5.41, 5.74) is 0.114. The minimum atomic E-state index is -3.04. The molecule has 0 aliphatic carbocycles. The van der Waals surface area contributed by atoms with Crippen LogP contribution in [0.3, 0.4) is 0 Å². The Kier molecular flexibility index (Phi) is 5.99.